The predicted octanol–water partition coefficient (Wildman–Crippen LogP) is 2.86. The summed E-state index contributed by atoms with van der Waals surface area (Å²) in [5.74, 6) is 0. The fourth-order valence-electron chi connectivity index (χ4n) is 0.462. The summed E-state index contributed by atoms with van der Waals surface area (Å²) in [5, 5.41) is 0. The van der Waals surface area contributed by atoms with E-state index in [-0.39, 0.29) is 6.20 Å². The molecular weight excluding hydrogens is 188 g/mol. The van der Waals surface area contributed by atoms with E-state index < -0.39 is 17.5 Å². The first-order valence-corrected chi connectivity index (χ1v) is 2.75. The Morgan fingerprint density at radius 2 is 1.25 bits per heavy atom. The lowest BCUT2D eigenvalue weighted by molar-refractivity contribution is -0.353. The Bertz CT molecular complexity index is 152. The molecule has 0 unspecified atom stereocenters. The van der Waals surface area contributed by atoms with Crippen LogP contribution in [-0.2, 0) is 0 Å². The van der Waals surface area contributed by atoms with Crippen molar-refractivity contribution in [2.75, 3.05) is 0 Å². The molecule has 0 aliphatic heterocycles. The minimum atomic E-state index is -5.43. The molecule has 0 heterocycles. The molecule has 0 aromatic heterocycles. The second-order valence-corrected chi connectivity index (χ2v) is 1.79. The Kier molecular flexibility index (Phi) is 3.00. The number of halogens is 6. The van der Waals surface area contributed by atoms with Crippen LogP contribution in [0.5, 0.6) is 0 Å². The minimum absolute atomic E-state index is 0.0833. The van der Waals surface area contributed by atoms with Crippen LogP contribution in [0.3, 0.4) is 0 Å². The number of hydrogen-bond acceptors (Lipinski definition) is 1. The van der Waals surface area contributed by atoms with Crippen molar-refractivity contribution in [1.29, 1.82) is 0 Å². The maximum Gasteiger partial charge on any atom is 0.491 e. The Morgan fingerprint density at radius 1 is 0.917 bits per heavy atom. The molecule has 0 bridgehead atoms. The summed E-state index contributed by atoms with van der Waals surface area (Å²) in [6.45, 7) is 1.06. The third-order valence-corrected chi connectivity index (χ3v) is 0.844. The van der Waals surface area contributed by atoms with Crippen molar-refractivity contribution in [3.8, 4) is 0 Å². The zero-order chi connectivity index (χ0) is 9.99. The summed E-state index contributed by atoms with van der Waals surface area (Å²) < 4.78 is 69.3. The van der Waals surface area contributed by atoms with Crippen molar-refractivity contribution in [2.24, 2.45) is 0 Å². The second kappa shape index (κ2) is 3.24. The van der Waals surface area contributed by atoms with E-state index in [9.17, 15) is 26.3 Å². The average Bonchev–Trinajstić information content (AvgIpc) is 1.77. The molecule has 1 nitrogen and oxygen atoms in total. The molecule has 0 fully saturated rings. The van der Waals surface area contributed by atoms with Gasteiger partial charge in [-0.05, 0) is 6.92 Å². The summed E-state index contributed by atoms with van der Waals surface area (Å²) in [5.41, 5.74) is 0. The molecule has 0 aromatic carbocycles. The van der Waals surface area contributed by atoms with E-state index in [0.29, 0.717) is 6.08 Å². The first-order chi connectivity index (χ1) is 5.19. The predicted molar refractivity (Wildman–Crippen MR) is 28.8 cm³/mol. The van der Waals surface area contributed by atoms with Gasteiger partial charge in [0, 0.05) is 6.20 Å². The van der Waals surface area contributed by atoms with E-state index in [1.807, 2.05) is 0 Å². The van der Waals surface area contributed by atoms with E-state index in [4.69, 9.17) is 0 Å². The SMILES string of the molecule is C/C=C\N(C(F)(F)F)C(F)(F)F. The van der Waals surface area contributed by atoms with Gasteiger partial charge in [-0.3, -0.25) is 0 Å². The number of rotatable bonds is 1. The van der Waals surface area contributed by atoms with Gasteiger partial charge in [0.15, 0.2) is 0 Å². The maximum absolute atomic E-state index is 11.6. The molecule has 12 heavy (non-hydrogen) atoms. The molecule has 0 rings (SSSR count). The molecule has 0 amide bonds. The zero-order valence-electron chi connectivity index (χ0n) is 5.87. The third kappa shape index (κ3) is 3.02. The molecule has 72 valence electrons. The van der Waals surface area contributed by atoms with E-state index in [1.54, 1.807) is 0 Å². The van der Waals surface area contributed by atoms with Crippen LogP contribution in [0.25, 0.3) is 0 Å². The monoisotopic (exact) mass is 193 g/mol. The first-order valence-electron chi connectivity index (χ1n) is 2.75. The second-order valence-electron chi connectivity index (χ2n) is 1.79. The van der Waals surface area contributed by atoms with E-state index in [2.05, 4.69) is 0 Å². The van der Waals surface area contributed by atoms with Crippen LogP contribution in [0.1, 0.15) is 6.92 Å². The lowest BCUT2D eigenvalue weighted by Crippen LogP contribution is -2.43. The van der Waals surface area contributed by atoms with Gasteiger partial charge in [0.05, 0.1) is 0 Å². The van der Waals surface area contributed by atoms with Crippen molar-refractivity contribution >= 4 is 0 Å². The highest BCUT2D eigenvalue weighted by atomic mass is 19.4. The number of nitrogens with zero attached hydrogens (tertiary/aromatic N) is 1. The van der Waals surface area contributed by atoms with Gasteiger partial charge >= 0.3 is 12.6 Å². The van der Waals surface area contributed by atoms with Crippen molar-refractivity contribution in [3.05, 3.63) is 12.3 Å². The van der Waals surface area contributed by atoms with Gasteiger partial charge in [0.2, 0.25) is 0 Å². The number of hydrogen-bond donors (Lipinski definition) is 0. The van der Waals surface area contributed by atoms with Crippen molar-refractivity contribution in [3.63, 3.8) is 0 Å². The van der Waals surface area contributed by atoms with Gasteiger partial charge < -0.3 is 0 Å². The molecule has 7 heteroatoms. The largest absolute Gasteiger partial charge is 0.491 e. The Labute approximate surface area is 64.3 Å². The summed E-state index contributed by atoms with van der Waals surface area (Å²) in [4.78, 5) is -1.62. The highest BCUT2D eigenvalue weighted by molar-refractivity contribution is 4.81. The molecule has 0 aliphatic carbocycles. The molecule has 0 atom stereocenters. The quantitative estimate of drug-likeness (QED) is 0.457. The third-order valence-electron chi connectivity index (χ3n) is 0.844. The normalized spacial score (nSPS) is 13.9. The van der Waals surface area contributed by atoms with Crippen molar-refractivity contribution < 1.29 is 26.3 Å². The van der Waals surface area contributed by atoms with Gasteiger partial charge in [-0.1, -0.05) is 6.08 Å². The highest BCUT2D eigenvalue weighted by Gasteiger charge is 2.51. The van der Waals surface area contributed by atoms with Crippen molar-refractivity contribution in [2.45, 2.75) is 19.5 Å². The summed E-state index contributed by atoms with van der Waals surface area (Å²) >= 11 is 0. The lowest BCUT2D eigenvalue weighted by atomic mass is 10.6. The minimum Gasteiger partial charge on any atom is -0.201 e. The lowest BCUT2D eigenvalue weighted by Gasteiger charge is -2.24. The number of allylic oxidation sites excluding steroid dienone is 1. The average molecular weight is 193 g/mol. The molecule has 0 aliphatic rings. The van der Waals surface area contributed by atoms with Gasteiger partial charge in [-0.25, -0.2) is 4.90 Å². The smallest absolute Gasteiger partial charge is 0.201 e. The maximum atomic E-state index is 11.6. The van der Waals surface area contributed by atoms with Crippen LogP contribution in [0, 0.1) is 0 Å². The van der Waals surface area contributed by atoms with Gasteiger partial charge in [0.1, 0.15) is 0 Å². The molecular formula is C5H5F6N. The van der Waals surface area contributed by atoms with Gasteiger partial charge in [-0.15, -0.1) is 26.3 Å². The van der Waals surface area contributed by atoms with Crippen LogP contribution >= 0.6 is 0 Å². The van der Waals surface area contributed by atoms with E-state index >= 15 is 0 Å². The Morgan fingerprint density at radius 3 is 1.33 bits per heavy atom. The molecule has 0 aromatic rings. The molecule has 0 radical (unpaired) electrons. The van der Waals surface area contributed by atoms with Crippen LogP contribution in [0.2, 0.25) is 0 Å². The summed E-state index contributed by atoms with van der Waals surface area (Å²) in [6.07, 6.45) is -10.3. The summed E-state index contributed by atoms with van der Waals surface area (Å²) in [7, 11) is 0. The molecule has 0 spiro atoms. The Hall–Kier alpha value is -0.880. The van der Waals surface area contributed by atoms with Crippen molar-refractivity contribution in [1.82, 2.24) is 4.90 Å². The zero-order valence-corrected chi connectivity index (χ0v) is 5.87. The highest BCUT2D eigenvalue weighted by Crippen LogP contribution is 2.33. The molecule has 0 N–H and O–H groups in total. The standard InChI is InChI=1S/C5H5F6N/c1-2-3-12(4(6,7)8)5(9,10)11/h2-3H,1H3/b3-2-. The fourth-order valence-corrected chi connectivity index (χ4v) is 0.462. The van der Waals surface area contributed by atoms with Crippen LogP contribution in [0.15, 0.2) is 12.3 Å². The van der Waals surface area contributed by atoms with Crippen LogP contribution in [0.4, 0.5) is 26.3 Å². The van der Waals surface area contributed by atoms with Gasteiger partial charge in [0.25, 0.3) is 0 Å². The van der Waals surface area contributed by atoms with E-state index in [0.717, 1.165) is 6.92 Å². The first kappa shape index (κ1) is 11.1. The summed E-state index contributed by atoms with van der Waals surface area (Å²) in [6, 6.07) is 0. The Balaban J connectivity index is 4.69. The number of alkyl halides is 6. The fraction of sp³-hybridized carbons (Fsp3) is 0.600. The molecule has 0 saturated carbocycles. The van der Waals surface area contributed by atoms with Crippen LogP contribution < -0.4 is 0 Å². The molecule has 0 saturated heterocycles. The topological polar surface area (TPSA) is 3.24 Å². The van der Waals surface area contributed by atoms with Gasteiger partial charge in [-0.2, -0.15) is 0 Å². The van der Waals surface area contributed by atoms with Crippen LogP contribution in [-0.4, -0.2) is 17.5 Å². The van der Waals surface area contributed by atoms with E-state index in [1.165, 1.54) is 0 Å².